The van der Waals surface area contributed by atoms with Crippen LogP contribution in [0.25, 0.3) is 0 Å². The van der Waals surface area contributed by atoms with Crippen molar-refractivity contribution in [3.05, 3.63) is 51.7 Å². The fourth-order valence-corrected chi connectivity index (χ4v) is 2.76. The zero-order chi connectivity index (χ0) is 14.5. The van der Waals surface area contributed by atoms with Gasteiger partial charge in [0.1, 0.15) is 6.04 Å². The van der Waals surface area contributed by atoms with Gasteiger partial charge >= 0.3 is 0 Å². The maximum absolute atomic E-state index is 12.0. The molecule has 2 aromatic rings. The molecule has 1 amide bonds. The first kappa shape index (κ1) is 14.6. The maximum Gasteiger partial charge on any atom is 0.242 e. The van der Waals surface area contributed by atoms with Crippen LogP contribution in [0.1, 0.15) is 22.9 Å². The second kappa shape index (κ2) is 6.57. The molecule has 0 aliphatic rings. The number of nitrogens with one attached hydrogen (secondary N) is 2. The van der Waals surface area contributed by atoms with Gasteiger partial charge in [-0.3, -0.25) is 4.79 Å². The molecule has 1 aromatic carbocycles. The quantitative estimate of drug-likeness (QED) is 0.884. The average Bonchev–Trinajstić information content (AvgIpc) is 2.87. The van der Waals surface area contributed by atoms with Crippen LogP contribution in [0.3, 0.4) is 0 Å². The van der Waals surface area contributed by atoms with E-state index in [1.165, 1.54) is 11.1 Å². The van der Waals surface area contributed by atoms with Crippen molar-refractivity contribution in [1.29, 1.82) is 0 Å². The fourth-order valence-electron chi connectivity index (χ4n) is 2.11. The monoisotopic (exact) mass is 288 g/mol. The van der Waals surface area contributed by atoms with E-state index < -0.39 is 0 Å². The Bertz CT molecular complexity index is 558. The molecule has 1 atom stereocenters. The van der Waals surface area contributed by atoms with Crippen LogP contribution in [-0.2, 0) is 11.3 Å². The Hall–Kier alpha value is -1.81. The van der Waals surface area contributed by atoms with Crippen molar-refractivity contribution in [2.24, 2.45) is 0 Å². The highest BCUT2D eigenvalue weighted by molar-refractivity contribution is 7.09. The molecule has 0 aliphatic heterocycles. The third kappa shape index (κ3) is 4.10. The van der Waals surface area contributed by atoms with Gasteiger partial charge in [-0.15, -0.1) is 11.3 Å². The SMILES string of the molecule is Cc1cc(C)cc(NC(C)C(=O)NCc2cccs2)c1. The number of thiophene rings is 1. The van der Waals surface area contributed by atoms with Gasteiger partial charge in [0.05, 0.1) is 6.54 Å². The first-order valence-corrected chi connectivity index (χ1v) is 7.57. The second-order valence-corrected chi connectivity index (χ2v) is 6.07. The number of amides is 1. The topological polar surface area (TPSA) is 41.1 Å². The van der Waals surface area contributed by atoms with E-state index in [-0.39, 0.29) is 11.9 Å². The zero-order valence-corrected chi connectivity index (χ0v) is 12.9. The van der Waals surface area contributed by atoms with Crippen LogP contribution >= 0.6 is 11.3 Å². The van der Waals surface area contributed by atoms with Crippen LogP contribution in [0.5, 0.6) is 0 Å². The Morgan fingerprint density at radius 3 is 2.55 bits per heavy atom. The number of hydrogen-bond donors (Lipinski definition) is 2. The predicted octanol–water partition coefficient (Wildman–Crippen LogP) is 3.48. The number of carbonyl (C=O) groups excluding carboxylic acids is 1. The van der Waals surface area contributed by atoms with Gasteiger partial charge < -0.3 is 10.6 Å². The van der Waals surface area contributed by atoms with Gasteiger partial charge in [0.15, 0.2) is 0 Å². The van der Waals surface area contributed by atoms with Crippen molar-refractivity contribution in [2.45, 2.75) is 33.4 Å². The van der Waals surface area contributed by atoms with E-state index in [1.807, 2.05) is 24.4 Å². The Morgan fingerprint density at radius 1 is 1.25 bits per heavy atom. The lowest BCUT2D eigenvalue weighted by Gasteiger charge is -2.16. The molecule has 0 radical (unpaired) electrons. The van der Waals surface area contributed by atoms with E-state index in [2.05, 4.69) is 42.7 Å². The van der Waals surface area contributed by atoms with Crippen molar-refractivity contribution in [3.63, 3.8) is 0 Å². The summed E-state index contributed by atoms with van der Waals surface area (Å²) in [5.74, 6) is 0.0116. The molecule has 0 bridgehead atoms. The molecule has 0 fully saturated rings. The van der Waals surface area contributed by atoms with Crippen molar-refractivity contribution < 1.29 is 4.79 Å². The van der Waals surface area contributed by atoms with Gasteiger partial charge in [0, 0.05) is 10.6 Å². The molecular weight excluding hydrogens is 268 g/mol. The number of benzene rings is 1. The molecule has 2 rings (SSSR count). The van der Waals surface area contributed by atoms with Crippen LogP contribution in [0.4, 0.5) is 5.69 Å². The fraction of sp³-hybridized carbons (Fsp3) is 0.312. The highest BCUT2D eigenvalue weighted by Gasteiger charge is 2.12. The molecule has 20 heavy (non-hydrogen) atoms. The zero-order valence-electron chi connectivity index (χ0n) is 12.1. The van der Waals surface area contributed by atoms with Crippen LogP contribution in [0, 0.1) is 13.8 Å². The Morgan fingerprint density at radius 2 is 1.95 bits per heavy atom. The molecule has 3 nitrogen and oxygen atoms in total. The smallest absolute Gasteiger partial charge is 0.242 e. The van der Waals surface area contributed by atoms with E-state index in [4.69, 9.17) is 0 Å². The van der Waals surface area contributed by atoms with Crippen LogP contribution in [0.2, 0.25) is 0 Å². The summed E-state index contributed by atoms with van der Waals surface area (Å²) in [5, 5.41) is 8.20. The highest BCUT2D eigenvalue weighted by atomic mass is 32.1. The van der Waals surface area contributed by atoms with Crippen LogP contribution in [-0.4, -0.2) is 11.9 Å². The lowest BCUT2D eigenvalue weighted by molar-refractivity contribution is -0.121. The van der Waals surface area contributed by atoms with E-state index in [0.717, 1.165) is 10.6 Å². The molecular formula is C16H20N2OS. The van der Waals surface area contributed by atoms with Gasteiger partial charge in [-0.1, -0.05) is 12.1 Å². The number of anilines is 1. The maximum atomic E-state index is 12.0. The molecule has 106 valence electrons. The van der Waals surface area contributed by atoms with Gasteiger partial charge in [-0.25, -0.2) is 0 Å². The lowest BCUT2D eigenvalue weighted by atomic mass is 10.1. The average molecular weight is 288 g/mol. The summed E-state index contributed by atoms with van der Waals surface area (Å²) in [5.41, 5.74) is 3.37. The summed E-state index contributed by atoms with van der Waals surface area (Å²) in [6.45, 7) is 6.58. The predicted molar refractivity (Wildman–Crippen MR) is 85.2 cm³/mol. The number of aryl methyl sites for hydroxylation is 2. The third-order valence-electron chi connectivity index (χ3n) is 3.02. The lowest BCUT2D eigenvalue weighted by Crippen LogP contribution is -2.37. The minimum atomic E-state index is -0.254. The molecule has 0 saturated heterocycles. The summed E-state index contributed by atoms with van der Waals surface area (Å²) in [4.78, 5) is 13.2. The molecule has 0 saturated carbocycles. The van der Waals surface area contributed by atoms with Gasteiger partial charge in [0.25, 0.3) is 0 Å². The number of hydrogen-bond acceptors (Lipinski definition) is 3. The largest absolute Gasteiger partial charge is 0.374 e. The van der Waals surface area contributed by atoms with Crippen LogP contribution < -0.4 is 10.6 Å². The Balaban J connectivity index is 1.90. The summed E-state index contributed by atoms with van der Waals surface area (Å²) in [7, 11) is 0. The first-order chi connectivity index (χ1) is 9.54. The Kier molecular flexibility index (Phi) is 4.79. The molecule has 1 unspecified atom stereocenters. The summed E-state index contributed by atoms with van der Waals surface area (Å²) < 4.78 is 0. The molecule has 1 heterocycles. The number of rotatable bonds is 5. The summed E-state index contributed by atoms with van der Waals surface area (Å²) in [6.07, 6.45) is 0. The van der Waals surface area contributed by atoms with Gasteiger partial charge in [-0.05, 0) is 55.5 Å². The molecule has 2 N–H and O–H groups in total. The van der Waals surface area contributed by atoms with E-state index in [9.17, 15) is 4.79 Å². The van der Waals surface area contributed by atoms with E-state index >= 15 is 0 Å². The minimum Gasteiger partial charge on any atom is -0.374 e. The molecule has 0 aliphatic carbocycles. The van der Waals surface area contributed by atoms with Crippen molar-refractivity contribution in [2.75, 3.05) is 5.32 Å². The highest BCUT2D eigenvalue weighted by Crippen LogP contribution is 2.15. The summed E-state index contributed by atoms with van der Waals surface area (Å²) >= 11 is 1.65. The molecule has 1 aromatic heterocycles. The third-order valence-corrected chi connectivity index (χ3v) is 3.89. The van der Waals surface area contributed by atoms with Crippen LogP contribution in [0.15, 0.2) is 35.7 Å². The van der Waals surface area contributed by atoms with Gasteiger partial charge in [-0.2, -0.15) is 0 Å². The van der Waals surface area contributed by atoms with Crippen molar-refractivity contribution in [1.82, 2.24) is 5.32 Å². The van der Waals surface area contributed by atoms with Crippen molar-refractivity contribution in [3.8, 4) is 0 Å². The molecule has 0 spiro atoms. The first-order valence-electron chi connectivity index (χ1n) is 6.69. The van der Waals surface area contributed by atoms with E-state index in [1.54, 1.807) is 11.3 Å². The van der Waals surface area contributed by atoms with Crippen molar-refractivity contribution >= 4 is 22.9 Å². The van der Waals surface area contributed by atoms with E-state index in [0.29, 0.717) is 6.54 Å². The normalized spacial score (nSPS) is 11.9. The number of carbonyl (C=O) groups is 1. The van der Waals surface area contributed by atoms with Gasteiger partial charge in [0.2, 0.25) is 5.91 Å². The second-order valence-electron chi connectivity index (χ2n) is 5.04. The minimum absolute atomic E-state index is 0.0116. The Labute approximate surface area is 124 Å². The molecule has 4 heteroatoms. The summed E-state index contributed by atoms with van der Waals surface area (Å²) in [6, 6.07) is 9.98. The standard InChI is InChI=1S/C16H20N2OS/c1-11-7-12(2)9-14(8-11)18-13(3)16(19)17-10-15-5-4-6-20-15/h4-9,13,18H,10H2,1-3H3,(H,17,19).